The molecule has 0 N–H and O–H groups in total. The molecule has 1 aromatic carbocycles. The quantitative estimate of drug-likeness (QED) is 0.841. The molecule has 0 aromatic heterocycles. The maximum Gasteiger partial charge on any atom is 0.235 e. The van der Waals surface area contributed by atoms with Crippen LogP contribution in [0.3, 0.4) is 0 Å². The average Bonchev–Trinajstić information content (AvgIpc) is 3.03. The summed E-state index contributed by atoms with van der Waals surface area (Å²) < 4.78 is 31.2. The van der Waals surface area contributed by atoms with Gasteiger partial charge in [0, 0.05) is 19.8 Å². The number of anilines is 1. The van der Waals surface area contributed by atoms with E-state index in [-0.39, 0.29) is 5.75 Å². The number of sulfonamides is 1. The lowest BCUT2D eigenvalue weighted by Crippen LogP contribution is -2.25. The summed E-state index contributed by atoms with van der Waals surface area (Å²) in [5.41, 5.74) is 3.93. The molecule has 4 rings (SSSR count). The summed E-state index contributed by atoms with van der Waals surface area (Å²) in [4.78, 5) is 0. The van der Waals surface area contributed by atoms with Gasteiger partial charge in [0.2, 0.25) is 10.0 Å². The molecule has 1 saturated carbocycles. The van der Waals surface area contributed by atoms with Crippen molar-refractivity contribution in [2.24, 2.45) is 5.41 Å². The Bertz CT molecular complexity index is 692. The highest BCUT2D eigenvalue weighted by molar-refractivity contribution is 7.93. The second-order valence-electron chi connectivity index (χ2n) is 7.01. The standard InChI is InChI=1S/C17H23NO3S/c1-13-11-14(18-7-2-10-22(18,19)20)3-4-15(13)16-12-17(16)5-8-21-9-6-17/h3-4,11,16H,2,5-10,12H2,1H3. The lowest BCUT2D eigenvalue weighted by atomic mass is 9.89. The highest BCUT2D eigenvalue weighted by Crippen LogP contribution is 2.65. The van der Waals surface area contributed by atoms with Crippen molar-refractivity contribution in [2.45, 2.75) is 38.5 Å². The lowest BCUT2D eigenvalue weighted by Gasteiger charge is -2.24. The van der Waals surface area contributed by atoms with E-state index in [2.05, 4.69) is 19.1 Å². The summed E-state index contributed by atoms with van der Waals surface area (Å²) in [6.07, 6.45) is 4.33. The van der Waals surface area contributed by atoms with Crippen LogP contribution >= 0.6 is 0 Å². The van der Waals surface area contributed by atoms with Crippen LogP contribution in [0.4, 0.5) is 5.69 Å². The first kappa shape index (κ1) is 14.5. The number of aryl methyl sites for hydroxylation is 1. The van der Waals surface area contributed by atoms with E-state index < -0.39 is 10.0 Å². The Hall–Kier alpha value is -1.07. The molecule has 1 aromatic rings. The monoisotopic (exact) mass is 321 g/mol. The highest BCUT2D eigenvalue weighted by Gasteiger charge is 2.55. The zero-order chi connectivity index (χ0) is 15.4. The molecular weight excluding hydrogens is 298 g/mol. The predicted octanol–water partition coefficient (Wildman–Crippen LogP) is 2.82. The van der Waals surface area contributed by atoms with Crippen molar-refractivity contribution in [1.29, 1.82) is 0 Å². The summed E-state index contributed by atoms with van der Waals surface area (Å²) in [5.74, 6) is 0.917. The van der Waals surface area contributed by atoms with E-state index in [1.165, 1.54) is 30.4 Å². The van der Waals surface area contributed by atoms with Gasteiger partial charge in [-0.3, -0.25) is 4.31 Å². The van der Waals surface area contributed by atoms with Gasteiger partial charge in [0.05, 0.1) is 11.4 Å². The Labute approximate surface area is 132 Å². The smallest absolute Gasteiger partial charge is 0.235 e. The van der Waals surface area contributed by atoms with Crippen LogP contribution < -0.4 is 4.31 Å². The van der Waals surface area contributed by atoms with Crippen molar-refractivity contribution in [3.8, 4) is 0 Å². The predicted molar refractivity (Wildman–Crippen MR) is 86.8 cm³/mol. The number of hydrogen-bond acceptors (Lipinski definition) is 3. The Morgan fingerprint density at radius 1 is 1.27 bits per heavy atom. The lowest BCUT2D eigenvalue weighted by molar-refractivity contribution is 0.0557. The Morgan fingerprint density at radius 3 is 2.68 bits per heavy atom. The van der Waals surface area contributed by atoms with Gasteiger partial charge in [0.1, 0.15) is 0 Å². The molecule has 0 bridgehead atoms. The minimum atomic E-state index is -3.08. The van der Waals surface area contributed by atoms with Crippen LogP contribution in [0.15, 0.2) is 18.2 Å². The van der Waals surface area contributed by atoms with E-state index >= 15 is 0 Å². The van der Waals surface area contributed by atoms with Gasteiger partial charge in [0.25, 0.3) is 0 Å². The molecule has 1 unspecified atom stereocenters. The summed E-state index contributed by atoms with van der Waals surface area (Å²) in [7, 11) is -3.08. The summed E-state index contributed by atoms with van der Waals surface area (Å²) in [5, 5.41) is 0. The zero-order valence-corrected chi connectivity index (χ0v) is 13.9. The molecule has 4 nitrogen and oxygen atoms in total. The first-order chi connectivity index (χ1) is 10.5. The Morgan fingerprint density at radius 2 is 2.05 bits per heavy atom. The van der Waals surface area contributed by atoms with Crippen molar-refractivity contribution in [1.82, 2.24) is 0 Å². The number of hydrogen-bond donors (Lipinski definition) is 0. The molecule has 1 atom stereocenters. The summed E-state index contributed by atoms with van der Waals surface area (Å²) in [6.45, 7) is 4.51. The van der Waals surface area contributed by atoms with E-state index in [1.807, 2.05) is 6.07 Å². The van der Waals surface area contributed by atoms with Crippen molar-refractivity contribution >= 4 is 15.7 Å². The summed E-state index contributed by atoms with van der Waals surface area (Å²) in [6, 6.07) is 6.22. The number of rotatable bonds is 2. The van der Waals surface area contributed by atoms with Gasteiger partial charge >= 0.3 is 0 Å². The summed E-state index contributed by atoms with van der Waals surface area (Å²) >= 11 is 0. The maximum atomic E-state index is 12.1. The molecule has 2 aliphatic heterocycles. The zero-order valence-electron chi connectivity index (χ0n) is 13.0. The Kier molecular flexibility index (Phi) is 3.28. The van der Waals surface area contributed by atoms with E-state index in [4.69, 9.17) is 4.74 Å². The maximum absolute atomic E-state index is 12.1. The average molecular weight is 321 g/mol. The molecule has 5 heteroatoms. The third-order valence-electron chi connectivity index (χ3n) is 5.69. The van der Waals surface area contributed by atoms with Crippen molar-refractivity contribution in [2.75, 3.05) is 29.8 Å². The largest absolute Gasteiger partial charge is 0.381 e. The first-order valence-electron chi connectivity index (χ1n) is 8.21. The van der Waals surface area contributed by atoms with Gasteiger partial charge < -0.3 is 4.74 Å². The molecule has 120 valence electrons. The third-order valence-corrected chi connectivity index (χ3v) is 7.56. The van der Waals surface area contributed by atoms with Gasteiger partial charge in [-0.15, -0.1) is 0 Å². The van der Waals surface area contributed by atoms with Crippen molar-refractivity contribution in [3.63, 3.8) is 0 Å². The van der Waals surface area contributed by atoms with Crippen LogP contribution in [0.1, 0.15) is 42.7 Å². The van der Waals surface area contributed by atoms with Crippen LogP contribution in [-0.4, -0.2) is 33.9 Å². The molecule has 2 saturated heterocycles. The second-order valence-corrected chi connectivity index (χ2v) is 9.03. The molecule has 0 radical (unpaired) electrons. The SMILES string of the molecule is Cc1cc(N2CCCS2(=O)=O)ccc1C1CC12CCOCC2. The number of ether oxygens (including phenoxy) is 1. The van der Waals surface area contributed by atoms with Crippen LogP contribution in [0.2, 0.25) is 0 Å². The van der Waals surface area contributed by atoms with E-state index in [0.717, 1.165) is 25.3 Å². The highest BCUT2D eigenvalue weighted by atomic mass is 32.2. The second kappa shape index (κ2) is 4.96. The first-order valence-corrected chi connectivity index (χ1v) is 9.82. The van der Waals surface area contributed by atoms with Gasteiger partial charge in [-0.2, -0.15) is 0 Å². The van der Waals surface area contributed by atoms with Gasteiger partial charge in [0.15, 0.2) is 0 Å². The molecule has 3 fully saturated rings. The minimum absolute atomic E-state index is 0.277. The van der Waals surface area contributed by atoms with Crippen molar-refractivity contribution in [3.05, 3.63) is 29.3 Å². The fraction of sp³-hybridized carbons (Fsp3) is 0.647. The number of benzene rings is 1. The molecular formula is C17H23NO3S. The minimum Gasteiger partial charge on any atom is -0.381 e. The molecule has 1 spiro atoms. The molecule has 3 aliphatic rings. The van der Waals surface area contributed by atoms with Crippen LogP contribution in [-0.2, 0) is 14.8 Å². The normalized spacial score (nSPS) is 29.0. The van der Waals surface area contributed by atoms with Gasteiger partial charge in [-0.1, -0.05) is 6.07 Å². The van der Waals surface area contributed by atoms with E-state index in [1.54, 1.807) is 4.31 Å². The molecule has 0 amide bonds. The van der Waals surface area contributed by atoms with Gasteiger partial charge in [-0.25, -0.2) is 8.42 Å². The van der Waals surface area contributed by atoms with Crippen LogP contribution in [0, 0.1) is 12.3 Å². The van der Waals surface area contributed by atoms with Crippen LogP contribution in [0.25, 0.3) is 0 Å². The fourth-order valence-corrected chi connectivity index (χ4v) is 5.81. The van der Waals surface area contributed by atoms with E-state index in [9.17, 15) is 8.42 Å². The third kappa shape index (κ3) is 2.26. The molecule has 2 heterocycles. The fourth-order valence-electron chi connectivity index (χ4n) is 4.25. The van der Waals surface area contributed by atoms with Crippen molar-refractivity contribution < 1.29 is 13.2 Å². The van der Waals surface area contributed by atoms with Gasteiger partial charge in [-0.05, 0) is 67.2 Å². The molecule has 1 aliphatic carbocycles. The molecule has 22 heavy (non-hydrogen) atoms. The Balaban J connectivity index is 1.59. The number of nitrogens with zero attached hydrogens (tertiary/aromatic N) is 1. The van der Waals surface area contributed by atoms with E-state index in [0.29, 0.717) is 17.9 Å². The topological polar surface area (TPSA) is 46.6 Å². The van der Waals surface area contributed by atoms with Crippen LogP contribution in [0.5, 0.6) is 0 Å².